The molecule has 0 fully saturated rings. The molecule has 0 heterocycles. The van der Waals surface area contributed by atoms with Crippen LogP contribution < -0.4 is 10.2 Å². The minimum atomic E-state index is -2.33. The second kappa shape index (κ2) is 15.6. The normalized spacial score (nSPS) is 3.43. The van der Waals surface area contributed by atoms with Crippen LogP contribution in [0.1, 0.15) is 0 Å². The average Bonchev–Trinajstić information content (AvgIpc) is 0.811. The van der Waals surface area contributed by atoms with E-state index < -0.39 is 6.16 Å². The summed E-state index contributed by atoms with van der Waals surface area (Å²) in [5.41, 5.74) is 0. The predicted molar refractivity (Wildman–Crippen MR) is 16.9 cm³/mol. The number of carbonyl (C=O) groups excluding carboxylic acids is 1. The zero-order valence-electron chi connectivity index (χ0n) is 3.03. The van der Waals surface area contributed by atoms with Gasteiger partial charge in [0.15, 0.2) is 0 Å². The molecule has 0 aromatic carbocycles. The molecule has 0 spiro atoms. The SMILES string of the molecule is O=C([O-])[O-].[Cu+].[Pb+2].[Pb+2]. The van der Waals surface area contributed by atoms with Gasteiger partial charge in [0.25, 0.3) is 0 Å². The van der Waals surface area contributed by atoms with Gasteiger partial charge in [0, 0.05) is 0 Å². The van der Waals surface area contributed by atoms with E-state index in [1.807, 2.05) is 0 Å². The van der Waals surface area contributed by atoms with Crippen LogP contribution in [0.2, 0.25) is 0 Å². The molecule has 4 radical (unpaired) electrons. The molecule has 3 nitrogen and oxygen atoms in total. The number of rotatable bonds is 0. The third-order valence-corrected chi connectivity index (χ3v) is 0. The number of carboxylic acid groups (broad SMARTS) is 2. The van der Waals surface area contributed by atoms with Gasteiger partial charge in [0.2, 0.25) is 0 Å². The van der Waals surface area contributed by atoms with Gasteiger partial charge in [-0.1, -0.05) is 0 Å². The zero-order chi connectivity index (χ0) is 3.58. The van der Waals surface area contributed by atoms with Gasteiger partial charge >= 0.3 is 71.7 Å². The molecular formula is CCuO3Pb2+3. The first-order chi connectivity index (χ1) is 1.73. The molecule has 38 valence electrons. The van der Waals surface area contributed by atoms with E-state index in [-0.39, 0.29) is 71.7 Å². The maximum absolute atomic E-state index is 8.33. The number of hydrogen-bond acceptors (Lipinski definition) is 3. The fourth-order valence-corrected chi connectivity index (χ4v) is 0. The standard InChI is InChI=1S/CH2O3.Cu.2Pb/c2-1(3)4;;;/h(H2,2,3,4);;;/q;+1;2*+2/p-2. The van der Waals surface area contributed by atoms with Crippen LogP contribution in [0.25, 0.3) is 0 Å². The summed E-state index contributed by atoms with van der Waals surface area (Å²) in [5.74, 6) is 0. The predicted octanol–water partition coefficient (Wildman–Crippen LogP) is -3.21. The summed E-state index contributed by atoms with van der Waals surface area (Å²) < 4.78 is 0. The Morgan fingerprint density at radius 3 is 1.14 bits per heavy atom. The van der Waals surface area contributed by atoms with Crippen LogP contribution in [0, 0.1) is 0 Å². The Labute approximate surface area is 91.6 Å². The quantitative estimate of drug-likeness (QED) is 0.306. The van der Waals surface area contributed by atoms with Gasteiger partial charge in [-0.3, -0.25) is 0 Å². The van der Waals surface area contributed by atoms with Crippen LogP contribution in [0.5, 0.6) is 0 Å². The van der Waals surface area contributed by atoms with Crippen molar-refractivity contribution in [2.45, 2.75) is 0 Å². The smallest absolute Gasteiger partial charge is 0.652 e. The van der Waals surface area contributed by atoms with Gasteiger partial charge in [0.1, 0.15) is 0 Å². The van der Waals surface area contributed by atoms with Gasteiger partial charge in [-0.25, -0.2) is 0 Å². The maximum atomic E-state index is 8.33. The van der Waals surface area contributed by atoms with Crippen molar-refractivity contribution >= 4 is 60.8 Å². The molecule has 0 aliphatic rings. The molecule has 0 atom stereocenters. The van der Waals surface area contributed by atoms with Crippen molar-refractivity contribution in [1.82, 2.24) is 0 Å². The molecule has 0 saturated heterocycles. The fraction of sp³-hybridized carbons (Fsp3) is 0. The maximum Gasteiger partial charge on any atom is 2.00 e. The van der Waals surface area contributed by atoms with Gasteiger partial charge in [-0.2, -0.15) is 0 Å². The van der Waals surface area contributed by atoms with Crippen molar-refractivity contribution in [1.29, 1.82) is 0 Å². The summed E-state index contributed by atoms with van der Waals surface area (Å²) >= 11 is 0. The van der Waals surface area contributed by atoms with Crippen molar-refractivity contribution in [3.8, 4) is 0 Å². The average molecular weight is 538 g/mol. The van der Waals surface area contributed by atoms with E-state index in [0.717, 1.165) is 0 Å². The first-order valence-electron chi connectivity index (χ1n) is 0.612. The fourth-order valence-electron chi connectivity index (χ4n) is 0. The zero-order valence-corrected chi connectivity index (χ0v) is 11.7. The molecule has 0 aromatic rings. The molecular weight excluding hydrogens is 538 g/mol. The van der Waals surface area contributed by atoms with Crippen molar-refractivity contribution < 1.29 is 32.1 Å². The number of hydrogen-bond donors (Lipinski definition) is 0. The van der Waals surface area contributed by atoms with Crippen molar-refractivity contribution in [3.05, 3.63) is 0 Å². The Hall–Kier alpha value is 1.63. The van der Waals surface area contributed by atoms with Crippen LogP contribution in [0.4, 0.5) is 4.79 Å². The topological polar surface area (TPSA) is 63.2 Å². The van der Waals surface area contributed by atoms with Gasteiger partial charge in [-0.05, 0) is 6.16 Å². The van der Waals surface area contributed by atoms with Crippen LogP contribution in [-0.2, 0) is 17.1 Å². The van der Waals surface area contributed by atoms with Gasteiger partial charge in [-0.15, -0.1) is 0 Å². The molecule has 0 rings (SSSR count). The van der Waals surface area contributed by atoms with Gasteiger partial charge in [0.05, 0.1) is 0 Å². The van der Waals surface area contributed by atoms with E-state index in [9.17, 15) is 0 Å². The molecule has 0 amide bonds. The molecule has 0 N–H and O–H groups in total. The summed E-state index contributed by atoms with van der Waals surface area (Å²) in [6, 6.07) is 0. The Morgan fingerprint density at radius 1 is 1.14 bits per heavy atom. The van der Waals surface area contributed by atoms with Crippen molar-refractivity contribution in [2.75, 3.05) is 0 Å². The minimum Gasteiger partial charge on any atom is -0.652 e. The van der Waals surface area contributed by atoms with Crippen LogP contribution in [-0.4, -0.2) is 60.8 Å². The van der Waals surface area contributed by atoms with E-state index in [1.54, 1.807) is 0 Å². The third-order valence-electron chi connectivity index (χ3n) is 0. The number of carbonyl (C=O) groups is 1. The van der Waals surface area contributed by atoms with Gasteiger partial charge < -0.3 is 15.0 Å². The molecule has 0 unspecified atom stereocenters. The minimum absolute atomic E-state index is 0. The largest absolute Gasteiger partial charge is 2.00 e. The Bertz CT molecular complexity index is 35.9. The van der Waals surface area contributed by atoms with E-state index >= 15 is 0 Å². The summed E-state index contributed by atoms with van der Waals surface area (Å²) in [6.45, 7) is 0. The molecule has 0 aromatic heterocycles. The summed E-state index contributed by atoms with van der Waals surface area (Å²) in [6.07, 6.45) is -2.33. The molecule has 0 aliphatic heterocycles. The molecule has 0 aliphatic carbocycles. The first kappa shape index (κ1) is 23.4. The molecule has 6 heteroatoms. The summed E-state index contributed by atoms with van der Waals surface area (Å²) in [4.78, 5) is 8.33. The van der Waals surface area contributed by atoms with Crippen LogP contribution in [0.15, 0.2) is 0 Å². The monoisotopic (exact) mass is 539 g/mol. The summed E-state index contributed by atoms with van der Waals surface area (Å²) in [5, 5.41) is 16.7. The second-order valence-electron chi connectivity index (χ2n) is 0.250. The Kier molecular flexibility index (Phi) is 52.4. The van der Waals surface area contributed by atoms with Crippen molar-refractivity contribution in [3.63, 3.8) is 0 Å². The second-order valence-corrected chi connectivity index (χ2v) is 0.250. The van der Waals surface area contributed by atoms with E-state index in [4.69, 9.17) is 15.0 Å². The Morgan fingerprint density at radius 2 is 1.14 bits per heavy atom. The van der Waals surface area contributed by atoms with E-state index in [1.165, 1.54) is 0 Å². The molecule has 0 saturated carbocycles. The van der Waals surface area contributed by atoms with E-state index in [0.29, 0.717) is 0 Å². The molecule has 7 heavy (non-hydrogen) atoms. The Balaban J connectivity index is -0.0000000150. The van der Waals surface area contributed by atoms with E-state index in [2.05, 4.69) is 0 Å². The first-order valence-corrected chi connectivity index (χ1v) is 0.612. The molecule has 0 bridgehead atoms. The summed E-state index contributed by atoms with van der Waals surface area (Å²) in [7, 11) is 0. The third kappa shape index (κ3) is 90.8. The van der Waals surface area contributed by atoms with Crippen LogP contribution >= 0.6 is 0 Å². The van der Waals surface area contributed by atoms with Crippen LogP contribution in [0.3, 0.4) is 0 Å². The van der Waals surface area contributed by atoms with Crippen molar-refractivity contribution in [2.24, 2.45) is 0 Å².